The molecular weight excluding hydrogens is 342 g/mol. The zero-order valence-corrected chi connectivity index (χ0v) is 16.2. The van der Waals surface area contributed by atoms with Gasteiger partial charge in [-0.1, -0.05) is 0 Å². The van der Waals surface area contributed by atoms with Crippen LogP contribution in [-0.2, 0) is 17.7 Å². The van der Waals surface area contributed by atoms with Crippen molar-refractivity contribution in [1.29, 1.82) is 0 Å². The summed E-state index contributed by atoms with van der Waals surface area (Å²) in [5.74, 6) is 0.782. The second-order valence-corrected chi connectivity index (χ2v) is 7.94. The number of hydrogen-bond donors (Lipinski definition) is 1. The minimum atomic E-state index is -0.0287. The summed E-state index contributed by atoms with van der Waals surface area (Å²) in [6.07, 6.45) is 11.1. The molecule has 27 heavy (non-hydrogen) atoms. The number of piperidine rings is 1. The molecule has 7 heteroatoms. The van der Waals surface area contributed by atoms with Gasteiger partial charge in [-0.25, -0.2) is 4.98 Å². The Kier molecular flexibility index (Phi) is 5.29. The van der Waals surface area contributed by atoms with Gasteiger partial charge in [0, 0.05) is 44.0 Å². The molecule has 1 fully saturated rings. The van der Waals surface area contributed by atoms with E-state index >= 15 is 0 Å². The van der Waals surface area contributed by atoms with E-state index < -0.39 is 0 Å². The van der Waals surface area contributed by atoms with E-state index in [2.05, 4.69) is 26.7 Å². The lowest BCUT2D eigenvalue weighted by Gasteiger charge is -2.32. The molecular formula is C20H29N5O2. The Morgan fingerprint density at radius 3 is 2.89 bits per heavy atom. The Hall–Kier alpha value is -2.15. The number of rotatable bonds is 5. The molecule has 4 heterocycles. The maximum Gasteiger partial charge on any atom is 0.274 e. The fraction of sp³-hybridized carbons (Fsp3) is 0.650. The van der Waals surface area contributed by atoms with Gasteiger partial charge in [-0.2, -0.15) is 5.10 Å². The number of carbonyl (C=O) groups excluding carboxylic acids is 1. The minimum Gasteiger partial charge on any atom is -0.369 e. The molecule has 146 valence electrons. The third-order valence-corrected chi connectivity index (χ3v) is 5.93. The summed E-state index contributed by atoms with van der Waals surface area (Å²) in [7, 11) is 0. The summed E-state index contributed by atoms with van der Waals surface area (Å²) < 4.78 is 7.96. The summed E-state index contributed by atoms with van der Waals surface area (Å²) in [5.41, 5.74) is 2.62. The highest BCUT2D eigenvalue weighted by molar-refractivity contribution is 5.94. The first-order valence-electron chi connectivity index (χ1n) is 10.1. The molecule has 0 spiro atoms. The SMILES string of the molecule is C[C@@H]1Cc2c(C(=O)N3CCC(CCCn4ccnc4)CC3)n[nH]c2[C@H](C)O1. The van der Waals surface area contributed by atoms with Gasteiger partial charge >= 0.3 is 0 Å². The van der Waals surface area contributed by atoms with Crippen LogP contribution in [0.25, 0.3) is 0 Å². The normalized spacial score (nSPS) is 23.4. The average molecular weight is 371 g/mol. The Morgan fingerprint density at radius 1 is 1.33 bits per heavy atom. The van der Waals surface area contributed by atoms with E-state index in [9.17, 15) is 4.79 Å². The number of hydrogen-bond acceptors (Lipinski definition) is 4. The first kappa shape index (κ1) is 18.2. The second kappa shape index (κ2) is 7.84. The highest BCUT2D eigenvalue weighted by atomic mass is 16.5. The van der Waals surface area contributed by atoms with Crippen LogP contribution in [0.1, 0.15) is 67.4 Å². The van der Waals surface area contributed by atoms with Crippen molar-refractivity contribution in [1.82, 2.24) is 24.6 Å². The highest BCUT2D eigenvalue weighted by Gasteiger charge is 2.32. The Bertz CT molecular complexity index is 761. The van der Waals surface area contributed by atoms with Crippen LogP contribution in [0.3, 0.4) is 0 Å². The molecule has 0 radical (unpaired) electrons. The quantitative estimate of drug-likeness (QED) is 0.877. The smallest absolute Gasteiger partial charge is 0.274 e. The number of fused-ring (bicyclic) bond motifs is 1. The molecule has 7 nitrogen and oxygen atoms in total. The van der Waals surface area contributed by atoms with Crippen molar-refractivity contribution in [2.45, 2.75) is 64.7 Å². The van der Waals surface area contributed by atoms with Gasteiger partial charge in [0.15, 0.2) is 5.69 Å². The van der Waals surface area contributed by atoms with E-state index in [0.717, 1.165) is 56.6 Å². The number of amides is 1. The maximum absolute atomic E-state index is 13.0. The molecule has 1 amide bonds. The van der Waals surface area contributed by atoms with Gasteiger partial charge in [0.05, 0.1) is 24.2 Å². The van der Waals surface area contributed by atoms with Gasteiger partial charge < -0.3 is 14.2 Å². The molecule has 4 rings (SSSR count). The zero-order valence-electron chi connectivity index (χ0n) is 16.2. The van der Waals surface area contributed by atoms with E-state index in [-0.39, 0.29) is 18.1 Å². The standard InChI is InChI=1S/C20H29N5O2/c1-14-12-17-18(15(2)27-14)22-23-19(17)20(26)25-9-5-16(6-10-25)4-3-8-24-11-7-21-13-24/h7,11,13-16H,3-6,8-10,12H2,1-2H3,(H,22,23)/t14-,15+/m1/s1. The van der Waals surface area contributed by atoms with Gasteiger partial charge in [-0.15, -0.1) is 0 Å². The first-order valence-corrected chi connectivity index (χ1v) is 10.1. The number of ether oxygens (including phenoxy) is 1. The van der Waals surface area contributed by atoms with Gasteiger partial charge in [-0.05, 0) is 45.4 Å². The summed E-state index contributed by atoms with van der Waals surface area (Å²) in [4.78, 5) is 19.1. The summed E-state index contributed by atoms with van der Waals surface area (Å²) >= 11 is 0. The maximum atomic E-state index is 13.0. The average Bonchev–Trinajstić information content (AvgIpc) is 3.31. The van der Waals surface area contributed by atoms with Crippen molar-refractivity contribution in [3.63, 3.8) is 0 Å². The molecule has 2 atom stereocenters. The Labute approximate surface area is 160 Å². The van der Waals surface area contributed by atoms with Crippen molar-refractivity contribution in [2.24, 2.45) is 5.92 Å². The predicted octanol–water partition coefficient (Wildman–Crippen LogP) is 2.96. The van der Waals surface area contributed by atoms with E-state index in [1.54, 1.807) is 0 Å². The van der Waals surface area contributed by atoms with Crippen LogP contribution >= 0.6 is 0 Å². The van der Waals surface area contributed by atoms with Crippen LogP contribution in [0.5, 0.6) is 0 Å². The monoisotopic (exact) mass is 371 g/mol. The molecule has 0 unspecified atom stereocenters. The van der Waals surface area contributed by atoms with E-state index in [1.165, 1.54) is 6.42 Å². The molecule has 2 aromatic rings. The van der Waals surface area contributed by atoms with Crippen molar-refractivity contribution < 1.29 is 9.53 Å². The fourth-order valence-electron chi connectivity index (χ4n) is 4.41. The third kappa shape index (κ3) is 3.93. The number of aromatic nitrogens is 4. The molecule has 2 aliphatic heterocycles. The predicted molar refractivity (Wildman–Crippen MR) is 101 cm³/mol. The molecule has 2 aromatic heterocycles. The summed E-state index contributed by atoms with van der Waals surface area (Å²) in [5, 5.41) is 7.39. The van der Waals surface area contributed by atoms with Crippen molar-refractivity contribution in [3.05, 3.63) is 35.7 Å². The van der Waals surface area contributed by atoms with Gasteiger partial charge in [-0.3, -0.25) is 9.89 Å². The van der Waals surface area contributed by atoms with Crippen LogP contribution in [0.15, 0.2) is 18.7 Å². The Balaban J connectivity index is 1.30. The second-order valence-electron chi connectivity index (χ2n) is 7.94. The first-order chi connectivity index (χ1) is 13.1. The van der Waals surface area contributed by atoms with Gasteiger partial charge in [0.1, 0.15) is 0 Å². The molecule has 1 saturated heterocycles. The number of aryl methyl sites for hydroxylation is 1. The van der Waals surface area contributed by atoms with Crippen molar-refractivity contribution in [2.75, 3.05) is 13.1 Å². The molecule has 2 aliphatic rings. The van der Waals surface area contributed by atoms with Crippen LogP contribution in [0, 0.1) is 5.92 Å². The number of H-pyrrole nitrogens is 1. The Morgan fingerprint density at radius 2 is 2.15 bits per heavy atom. The largest absolute Gasteiger partial charge is 0.369 e. The van der Waals surface area contributed by atoms with Crippen molar-refractivity contribution >= 4 is 5.91 Å². The van der Waals surface area contributed by atoms with Crippen molar-refractivity contribution in [3.8, 4) is 0 Å². The van der Waals surface area contributed by atoms with Gasteiger partial charge in [0.25, 0.3) is 5.91 Å². The van der Waals surface area contributed by atoms with E-state index in [1.807, 2.05) is 30.5 Å². The highest BCUT2D eigenvalue weighted by Crippen LogP contribution is 2.31. The number of likely N-dealkylation sites (tertiary alicyclic amines) is 1. The van der Waals surface area contributed by atoms with Crippen LogP contribution < -0.4 is 0 Å². The number of imidazole rings is 1. The topological polar surface area (TPSA) is 76.0 Å². The van der Waals surface area contributed by atoms with Crippen LogP contribution in [0.2, 0.25) is 0 Å². The number of carbonyl (C=O) groups is 1. The lowest BCUT2D eigenvalue weighted by atomic mass is 9.91. The lowest BCUT2D eigenvalue weighted by molar-refractivity contribution is -0.00703. The van der Waals surface area contributed by atoms with Crippen LogP contribution in [-0.4, -0.2) is 49.7 Å². The zero-order chi connectivity index (χ0) is 18.8. The number of aromatic amines is 1. The molecule has 0 aliphatic carbocycles. The van der Waals surface area contributed by atoms with E-state index in [4.69, 9.17) is 4.74 Å². The molecule has 0 aromatic carbocycles. The summed E-state index contributed by atoms with van der Waals surface area (Å²) in [6, 6.07) is 0. The van der Waals surface area contributed by atoms with Gasteiger partial charge in [0.2, 0.25) is 0 Å². The molecule has 1 N–H and O–H groups in total. The lowest BCUT2D eigenvalue weighted by Crippen LogP contribution is -2.39. The van der Waals surface area contributed by atoms with E-state index in [0.29, 0.717) is 11.6 Å². The number of nitrogens with zero attached hydrogens (tertiary/aromatic N) is 4. The third-order valence-electron chi connectivity index (χ3n) is 5.93. The summed E-state index contributed by atoms with van der Waals surface area (Å²) in [6.45, 7) is 6.75. The minimum absolute atomic E-state index is 0.0287. The van der Waals surface area contributed by atoms with Crippen LogP contribution in [0.4, 0.5) is 0 Å². The molecule has 0 bridgehead atoms. The number of nitrogens with one attached hydrogen (secondary N) is 1. The molecule has 0 saturated carbocycles. The fourth-order valence-corrected chi connectivity index (χ4v) is 4.41.